The Morgan fingerprint density at radius 2 is 1.83 bits per heavy atom. The second-order valence-electron chi connectivity index (χ2n) is 5.64. The fourth-order valence-electron chi connectivity index (χ4n) is 2.24. The van der Waals surface area contributed by atoms with Gasteiger partial charge in [0, 0.05) is 24.7 Å². The van der Waals surface area contributed by atoms with Crippen LogP contribution in [0.2, 0.25) is 0 Å². The van der Waals surface area contributed by atoms with E-state index in [0.717, 1.165) is 0 Å². The molecule has 3 N–H and O–H groups in total. The summed E-state index contributed by atoms with van der Waals surface area (Å²) in [5.74, 6) is -1.03. The van der Waals surface area contributed by atoms with Crippen molar-refractivity contribution in [3.05, 3.63) is 65.7 Å². The van der Waals surface area contributed by atoms with Crippen molar-refractivity contribution < 1.29 is 18.7 Å². The van der Waals surface area contributed by atoms with E-state index in [-0.39, 0.29) is 30.7 Å². The van der Waals surface area contributed by atoms with E-state index in [2.05, 4.69) is 10.6 Å². The number of anilines is 1. The van der Waals surface area contributed by atoms with Gasteiger partial charge in [0.25, 0.3) is 0 Å². The van der Waals surface area contributed by atoms with Crippen LogP contribution < -0.4 is 10.6 Å². The molecule has 2 atom stereocenters. The molecular weight excluding hydrogens is 314 g/mol. The molecule has 0 saturated carbocycles. The van der Waals surface area contributed by atoms with E-state index in [1.165, 1.54) is 42.5 Å². The van der Waals surface area contributed by atoms with Crippen molar-refractivity contribution in [2.75, 3.05) is 11.9 Å². The summed E-state index contributed by atoms with van der Waals surface area (Å²) in [7, 11) is 0. The van der Waals surface area contributed by atoms with Crippen molar-refractivity contribution in [3.63, 3.8) is 0 Å². The van der Waals surface area contributed by atoms with Crippen molar-refractivity contribution in [2.24, 2.45) is 0 Å². The largest absolute Gasteiger partial charge is 0.387 e. The quantitative estimate of drug-likeness (QED) is 0.729. The lowest BCUT2D eigenvalue weighted by molar-refractivity contribution is -0.116. The van der Waals surface area contributed by atoms with Crippen LogP contribution in [0.15, 0.2) is 48.5 Å². The summed E-state index contributed by atoms with van der Waals surface area (Å²) in [6.07, 6.45) is -0.619. The number of rotatable bonds is 7. The predicted octanol–water partition coefficient (Wildman–Crippen LogP) is 3.01. The zero-order valence-corrected chi connectivity index (χ0v) is 13.3. The fourth-order valence-corrected chi connectivity index (χ4v) is 2.24. The lowest BCUT2D eigenvalue weighted by Crippen LogP contribution is -2.33. The molecule has 0 bridgehead atoms. The van der Waals surface area contributed by atoms with Crippen LogP contribution >= 0.6 is 0 Å². The van der Waals surface area contributed by atoms with E-state index in [4.69, 9.17) is 0 Å². The SMILES string of the molecule is CC(CC(=O)Nc1cccc(F)c1)NCC(O)c1ccc(F)cc1. The van der Waals surface area contributed by atoms with Gasteiger partial charge in [0.1, 0.15) is 11.6 Å². The molecule has 0 fully saturated rings. The van der Waals surface area contributed by atoms with E-state index in [0.29, 0.717) is 11.3 Å². The first-order valence-corrected chi connectivity index (χ1v) is 7.66. The summed E-state index contributed by atoms with van der Waals surface area (Å²) in [4.78, 5) is 11.9. The van der Waals surface area contributed by atoms with Crippen LogP contribution in [0, 0.1) is 11.6 Å². The first kappa shape index (κ1) is 18.0. The fraction of sp³-hybridized carbons (Fsp3) is 0.278. The van der Waals surface area contributed by atoms with Crippen molar-refractivity contribution in [1.29, 1.82) is 0 Å². The lowest BCUT2D eigenvalue weighted by atomic mass is 10.1. The summed E-state index contributed by atoms with van der Waals surface area (Å²) in [6.45, 7) is 2.04. The molecule has 2 unspecified atom stereocenters. The molecule has 0 aliphatic heterocycles. The Morgan fingerprint density at radius 3 is 2.50 bits per heavy atom. The summed E-state index contributed by atoms with van der Waals surface area (Å²) in [5.41, 5.74) is 0.999. The highest BCUT2D eigenvalue weighted by atomic mass is 19.1. The Hall–Kier alpha value is -2.31. The molecule has 2 aromatic carbocycles. The summed E-state index contributed by atoms with van der Waals surface area (Å²) >= 11 is 0. The number of carbonyl (C=O) groups is 1. The topological polar surface area (TPSA) is 61.4 Å². The molecule has 128 valence electrons. The van der Waals surface area contributed by atoms with Gasteiger partial charge in [-0.05, 0) is 42.8 Å². The Bertz CT molecular complexity index is 677. The predicted molar refractivity (Wildman–Crippen MR) is 88.5 cm³/mol. The zero-order valence-electron chi connectivity index (χ0n) is 13.3. The first-order chi connectivity index (χ1) is 11.4. The normalized spacial score (nSPS) is 13.3. The summed E-state index contributed by atoms with van der Waals surface area (Å²) in [6, 6.07) is 11.1. The van der Waals surface area contributed by atoms with Crippen LogP contribution in [-0.4, -0.2) is 23.6 Å². The molecule has 0 spiro atoms. The van der Waals surface area contributed by atoms with Gasteiger partial charge < -0.3 is 15.7 Å². The minimum absolute atomic E-state index is 0.173. The second kappa shape index (κ2) is 8.52. The second-order valence-corrected chi connectivity index (χ2v) is 5.64. The third-order valence-corrected chi connectivity index (χ3v) is 3.51. The molecule has 0 saturated heterocycles. The number of benzene rings is 2. The Balaban J connectivity index is 1.77. The van der Waals surface area contributed by atoms with Crippen LogP contribution in [0.5, 0.6) is 0 Å². The molecule has 2 aromatic rings. The molecule has 0 aliphatic carbocycles. The average Bonchev–Trinajstić information content (AvgIpc) is 2.53. The Labute approximate surface area is 139 Å². The molecule has 4 nitrogen and oxygen atoms in total. The number of nitrogens with one attached hydrogen (secondary N) is 2. The minimum atomic E-state index is -0.792. The van der Waals surface area contributed by atoms with Gasteiger partial charge in [0.2, 0.25) is 5.91 Å². The molecule has 0 aromatic heterocycles. The molecule has 6 heteroatoms. The van der Waals surface area contributed by atoms with E-state index >= 15 is 0 Å². The van der Waals surface area contributed by atoms with E-state index in [1.807, 2.05) is 6.92 Å². The van der Waals surface area contributed by atoms with Crippen molar-refractivity contribution >= 4 is 11.6 Å². The number of hydrogen-bond acceptors (Lipinski definition) is 3. The van der Waals surface area contributed by atoms with Gasteiger partial charge in [-0.2, -0.15) is 0 Å². The van der Waals surface area contributed by atoms with Crippen LogP contribution in [0.1, 0.15) is 25.0 Å². The molecular formula is C18H20F2N2O2. The molecule has 1 amide bonds. The third kappa shape index (κ3) is 5.72. The third-order valence-electron chi connectivity index (χ3n) is 3.51. The molecule has 0 heterocycles. The zero-order chi connectivity index (χ0) is 17.5. The maximum Gasteiger partial charge on any atom is 0.225 e. The number of aliphatic hydroxyl groups is 1. The van der Waals surface area contributed by atoms with Crippen molar-refractivity contribution in [3.8, 4) is 0 Å². The van der Waals surface area contributed by atoms with Crippen molar-refractivity contribution in [2.45, 2.75) is 25.5 Å². The Morgan fingerprint density at radius 1 is 1.12 bits per heavy atom. The maximum atomic E-state index is 13.1. The van der Waals surface area contributed by atoms with E-state index < -0.39 is 11.9 Å². The van der Waals surface area contributed by atoms with Gasteiger partial charge >= 0.3 is 0 Å². The van der Waals surface area contributed by atoms with Crippen molar-refractivity contribution in [1.82, 2.24) is 5.32 Å². The first-order valence-electron chi connectivity index (χ1n) is 7.66. The van der Waals surface area contributed by atoms with Gasteiger partial charge in [0.05, 0.1) is 6.10 Å². The summed E-state index contributed by atoms with van der Waals surface area (Å²) in [5, 5.41) is 15.7. The van der Waals surface area contributed by atoms with E-state index in [9.17, 15) is 18.7 Å². The van der Waals surface area contributed by atoms with Gasteiger partial charge in [-0.3, -0.25) is 4.79 Å². The van der Waals surface area contributed by atoms with Crippen LogP contribution in [-0.2, 0) is 4.79 Å². The highest BCUT2D eigenvalue weighted by molar-refractivity contribution is 5.91. The molecule has 0 radical (unpaired) electrons. The van der Waals surface area contributed by atoms with Gasteiger partial charge in [-0.1, -0.05) is 18.2 Å². The van der Waals surface area contributed by atoms with Gasteiger partial charge in [-0.15, -0.1) is 0 Å². The van der Waals surface area contributed by atoms with Crippen LogP contribution in [0.3, 0.4) is 0 Å². The standard InChI is InChI=1S/C18H20F2N2O2/c1-12(9-18(24)22-16-4-2-3-15(20)10-16)21-11-17(23)13-5-7-14(19)8-6-13/h2-8,10,12,17,21,23H,9,11H2,1H3,(H,22,24). The highest BCUT2D eigenvalue weighted by Gasteiger charge is 2.13. The smallest absolute Gasteiger partial charge is 0.225 e. The van der Waals surface area contributed by atoms with Gasteiger partial charge in [0.15, 0.2) is 0 Å². The van der Waals surface area contributed by atoms with E-state index in [1.54, 1.807) is 6.07 Å². The monoisotopic (exact) mass is 334 g/mol. The summed E-state index contributed by atoms with van der Waals surface area (Å²) < 4.78 is 25.9. The maximum absolute atomic E-state index is 13.1. The molecule has 24 heavy (non-hydrogen) atoms. The van der Waals surface area contributed by atoms with Crippen LogP contribution in [0.25, 0.3) is 0 Å². The van der Waals surface area contributed by atoms with Gasteiger partial charge in [-0.25, -0.2) is 8.78 Å². The number of halogens is 2. The molecule has 0 aliphatic rings. The Kier molecular flexibility index (Phi) is 6.40. The number of carbonyl (C=O) groups excluding carboxylic acids is 1. The number of aliphatic hydroxyl groups excluding tert-OH is 1. The average molecular weight is 334 g/mol. The highest BCUT2D eigenvalue weighted by Crippen LogP contribution is 2.13. The number of hydrogen-bond donors (Lipinski definition) is 3. The lowest BCUT2D eigenvalue weighted by Gasteiger charge is -2.17. The minimum Gasteiger partial charge on any atom is -0.387 e. The molecule has 2 rings (SSSR count). The number of amides is 1. The van der Waals surface area contributed by atoms with Crippen LogP contribution in [0.4, 0.5) is 14.5 Å².